The lowest BCUT2D eigenvalue weighted by Gasteiger charge is -2.38. The molecule has 1 saturated heterocycles. The number of fused-ring (bicyclic) bond motifs is 4. The Bertz CT molecular complexity index is 1120. The van der Waals surface area contributed by atoms with E-state index in [0.717, 1.165) is 65.9 Å². The van der Waals surface area contributed by atoms with Gasteiger partial charge in [0.2, 0.25) is 0 Å². The minimum atomic E-state index is -4.39. The van der Waals surface area contributed by atoms with Crippen molar-refractivity contribution in [2.45, 2.75) is 82.3 Å². The molecule has 3 heterocycles. The highest BCUT2D eigenvalue weighted by Gasteiger charge is 2.55. The van der Waals surface area contributed by atoms with Gasteiger partial charge >= 0.3 is 6.18 Å². The van der Waals surface area contributed by atoms with Crippen LogP contribution in [-0.4, -0.2) is 23.3 Å². The van der Waals surface area contributed by atoms with Crippen LogP contribution >= 0.6 is 0 Å². The van der Waals surface area contributed by atoms with Crippen molar-refractivity contribution in [3.8, 4) is 0 Å². The minimum absolute atomic E-state index is 0.115. The lowest BCUT2D eigenvalue weighted by atomic mass is 9.73. The molecule has 1 aromatic heterocycles. The fourth-order valence-electron chi connectivity index (χ4n) is 6.36. The lowest BCUT2D eigenvalue weighted by molar-refractivity contribution is -0.137. The van der Waals surface area contributed by atoms with Crippen molar-refractivity contribution in [2.24, 2.45) is 5.41 Å². The Hall–Kier alpha value is -1.96. The zero-order valence-electron chi connectivity index (χ0n) is 19.5. The molecule has 4 aliphatic rings. The monoisotopic (exact) mass is 473 g/mol. The van der Waals surface area contributed by atoms with Crippen molar-refractivity contribution in [3.05, 3.63) is 63.5 Å². The van der Waals surface area contributed by atoms with Gasteiger partial charge in [-0.2, -0.15) is 13.2 Å². The molecule has 182 valence electrons. The first kappa shape index (κ1) is 22.5. The first-order valence-corrected chi connectivity index (χ1v) is 12.3. The van der Waals surface area contributed by atoms with E-state index in [9.17, 15) is 18.3 Å². The Morgan fingerprint density at radius 3 is 2.29 bits per heavy atom. The Kier molecular flexibility index (Phi) is 4.98. The Morgan fingerprint density at radius 1 is 1.03 bits per heavy atom. The largest absolute Gasteiger partial charge is 0.416 e. The van der Waals surface area contributed by atoms with E-state index in [-0.39, 0.29) is 11.3 Å². The van der Waals surface area contributed by atoms with E-state index in [1.807, 2.05) is 0 Å². The average molecular weight is 474 g/mol. The number of aromatic nitrogens is 1. The normalized spacial score (nSPS) is 26.7. The van der Waals surface area contributed by atoms with Crippen molar-refractivity contribution in [3.63, 3.8) is 0 Å². The number of ether oxygens (including phenoxy) is 2. The predicted molar refractivity (Wildman–Crippen MR) is 119 cm³/mol. The van der Waals surface area contributed by atoms with Crippen LogP contribution < -0.4 is 0 Å². The molecule has 2 fully saturated rings. The second kappa shape index (κ2) is 7.52. The van der Waals surface area contributed by atoms with Crippen LogP contribution in [0.5, 0.6) is 0 Å². The zero-order chi connectivity index (χ0) is 23.9. The third kappa shape index (κ3) is 3.42. The Morgan fingerprint density at radius 2 is 1.71 bits per heavy atom. The van der Waals surface area contributed by atoms with Crippen molar-refractivity contribution in [1.82, 2.24) is 4.98 Å². The number of pyridine rings is 1. The summed E-state index contributed by atoms with van der Waals surface area (Å²) in [5.41, 5.74) is 4.39. The molecule has 2 aromatic rings. The highest BCUT2D eigenvalue weighted by Crippen LogP contribution is 2.62. The van der Waals surface area contributed by atoms with Gasteiger partial charge in [0.05, 0.1) is 17.3 Å². The summed E-state index contributed by atoms with van der Waals surface area (Å²) in [7, 11) is 0. The van der Waals surface area contributed by atoms with Crippen LogP contribution in [0.4, 0.5) is 13.2 Å². The van der Waals surface area contributed by atoms with Gasteiger partial charge < -0.3 is 14.6 Å². The van der Waals surface area contributed by atoms with Gasteiger partial charge in [0, 0.05) is 48.6 Å². The summed E-state index contributed by atoms with van der Waals surface area (Å²) in [6.07, 6.45) is -0.311. The number of benzene rings is 1. The van der Waals surface area contributed by atoms with E-state index >= 15 is 0 Å². The van der Waals surface area contributed by atoms with Gasteiger partial charge in [-0.3, -0.25) is 4.98 Å². The number of rotatable bonds is 2. The molecule has 0 bridgehead atoms. The topological polar surface area (TPSA) is 51.6 Å². The quantitative estimate of drug-likeness (QED) is 0.572. The van der Waals surface area contributed by atoms with Gasteiger partial charge in [0.25, 0.3) is 0 Å². The molecule has 1 saturated carbocycles. The molecule has 2 spiro atoms. The molecule has 2 atom stereocenters. The van der Waals surface area contributed by atoms with Gasteiger partial charge in [0.15, 0.2) is 0 Å². The third-order valence-electron chi connectivity index (χ3n) is 8.29. The molecular formula is C27H30F3NO3. The molecular weight excluding hydrogens is 443 g/mol. The highest BCUT2D eigenvalue weighted by molar-refractivity contribution is 5.54. The van der Waals surface area contributed by atoms with Crippen molar-refractivity contribution < 1.29 is 27.8 Å². The molecule has 2 aliphatic carbocycles. The molecule has 6 rings (SSSR count). The van der Waals surface area contributed by atoms with Crippen molar-refractivity contribution >= 4 is 0 Å². The van der Waals surface area contributed by atoms with Gasteiger partial charge in [-0.1, -0.05) is 26.0 Å². The molecule has 0 radical (unpaired) electrons. The molecule has 34 heavy (non-hydrogen) atoms. The fraction of sp³-hybridized carbons (Fsp3) is 0.593. The average Bonchev–Trinajstić information content (AvgIpc) is 3.46. The first-order valence-electron chi connectivity index (χ1n) is 12.3. The van der Waals surface area contributed by atoms with Crippen LogP contribution in [0.2, 0.25) is 0 Å². The van der Waals surface area contributed by atoms with E-state index in [0.29, 0.717) is 31.6 Å². The number of aliphatic hydroxyl groups is 1. The SMILES string of the molecule is CC(C)c1nc2c(c3c1[C@@H](c1ccc(C(F)(F)F)cc1)OC31CCOCC1)[C@@H](O)CC1(CC1)C2. The number of nitrogens with zero attached hydrogens (tertiary/aromatic N) is 1. The number of hydrogen-bond acceptors (Lipinski definition) is 4. The lowest BCUT2D eigenvalue weighted by Crippen LogP contribution is -2.36. The smallest absolute Gasteiger partial charge is 0.388 e. The maximum absolute atomic E-state index is 13.2. The molecule has 7 heteroatoms. The summed E-state index contributed by atoms with van der Waals surface area (Å²) in [6, 6.07) is 5.30. The fourth-order valence-corrected chi connectivity index (χ4v) is 6.36. The van der Waals surface area contributed by atoms with Gasteiger partial charge in [-0.15, -0.1) is 0 Å². The van der Waals surface area contributed by atoms with Crippen LogP contribution in [0, 0.1) is 5.41 Å². The van der Waals surface area contributed by atoms with Gasteiger partial charge in [-0.05, 0) is 60.3 Å². The second-order valence-corrected chi connectivity index (χ2v) is 10.9. The van der Waals surface area contributed by atoms with E-state index < -0.39 is 29.5 Å². The highest BCUT2D eigenvalue weighted by atomic mass is 19.4. The number of hydrogen-bond donors (Lipinski definition) is 1. The molecule has 1 aromatic carbocycles. The Labute approximate surface area is 197 Å². The number of alkyl halides is 3. The molecule has 4 nitrogen and oxygen atoms in total. The summed E-state index contributed by atoms with van der Waals surface area (Å²) < 4.78 is 52.1. The summed E-state index contributed by atoms with van der Waals surface area (Å²) in [5.74, 6) is 0.115. The van der Waals surface area contributed by atoms with Crippen LogP contribution in [-0.2, 0) is 27.7 Å². The molecule has 1 N–H and O–H groups in total. The van der Waals surface area contributed by atoms with E-state index in [2.05, 4.69) is 13.8 Å². The van der Waals surface area contributed by atoms with E-state index in [1.54, 1.807) is 0 Å². The minimum Gasteiger partial charge on any atom is -0.388 e. The second-order valence-electron chi connectivity index (χ2n) is 10.9. The van der Waals surface area contributed by atoms with E-state index in [4.69, 9.17) is 14.5 Å². The van der Waals surface area contributed by atoms with Gasteiger partial charge in [0.1, 0.15) is 6.10 Å². The van der Waals surface area contributed by atoms with Crippen LogP contribution in [0.3, 0.4) is 0 Å². The summed E-state index contributed by atoms with van der Waals surface area (Å²) in [5, 5.41) is 11.4. The zero-order valence-corrected chi connectivity index (χ0v) is 19.5. The third-order valence-corrected chi connectivity index (χ3v) is 8.29. The maximum atomic E-state index is 13.2. The van der Waals surface area contributed by atoms with Gasteiger partial charge in [-0.25, -0.2) is 0 Å². The predicted octanol–water partition coefficient (Wildman–Crippen LogP) is 6.11. The molecule has 0 unspecified atom stereocenters. The standard InChI is InChI=1S/C27H30F3NO3/c1-15(2)23-21-22(20-18(31-23)13-25(7-8-25)14-19(20)32)26(9-11-33-12-10-26)34-24(21)16-3-5-17(6-4-16)27(28,29)30/h3-6,15,19,24,32H,7-14H2,1-2H3/t19-,24+/m0/s1. The maximum Gasteiger partial charge on any atom is 0.416 e. The van der Waals surface area contributed by atoms with Crippen LogP contribution in [0.25, 0.3) is 0 Å². The number of aliphatic hydroxyl groups excluding tert-OH is 1. The molecule has 2 aliphatic heterocycles. The summed E-state index contributed by atoms with van der Waals surface area (Å²) in [6.45, 7) is 5.29. The first-order chi connectivity index (χ1) is 16.1. The summed E-state index contributed by atoms with van der Waals surface area (Å²) >= 11 is 0. The van der Waals surface area contributed by atoms with Crippen LogP contribution in [0.15, 0.2) is 24.3 Å². The van der Waals surface area contributed by atoms with Crippen molar-refractivity contribution in [2.75, 3.05) is 13.2 Å². The molecule has 0 amide bonds. The summed E-state index contributed by atoms with van der Waals surface area (Å²) in [4.78, 5) is 5.13. The number of halogens is 3. The van der Waals surface area contributed by atoms with Crippen LogP contribution in [0.1, 0.15) is 103 Å². The van der Waals surface area contributed by atoms with E-state index in [1.165, 1.54) is 12.1 Å². The Balaban J connectivity index is 1.56. The van der Waals surface area contributed by atoms with Crippen molar-refractivity contribution in [1.29, 1.82) is 0 Å².